The van der Waals surface area contributed by atoms with Crippen LogP contribution < -0.4 is 4.74 Å². The van der Waals surface area contributed by atoms with Crippen LogP contribution in [0.3, 0.4) is 0 Å². The van der Waals surface area contributed by atoms with Gasteiger partial charge in [-0.15, -0.1) is 0 Å². The fraction of sp³-hybridized carbons (Fsp3) is 0.435. The SMILES string of the molecule is Cc1ccc([N+](=O)[O-])cc1OCCN1CCN(CCCC(=O)c2ccc(F)cc2)CC1. The number of rotatable bonds is 10. The highest BCUT2D eigenvalue weighted by Gasteiger charge is 2.17. The van der Waals surface area contributed by atoms with E-state index >= 15 is 0 Å². The monoisotopic (exact) mass is 429 g/mol. The van der Waals surface area contributed by atoms with Gasteiger partial charge in [-0.3, -0.25) is 19.8 Å². The van der Waals surface area contributed by atoms with Crippen LogP contribution in [0.15, 0.2) is 42.5 Å². The molecule has 166 valence electrons. The zero-order valence-corrected chi connectivity index (χ0v) is 17.8. The lowest BCUT2D eigenvalue weighted by atomic mass is 10.1. The number of Topliss-reactive ketones (excluding diaryl/α,β-unsaturated/α-hetero) is 1. The van der Waals surface area contributed by atoms with Crippen molar-refractivity contribution in [3.63, 3.8) is 0 Å². The number of ether oxygens (including phenoxy) is 1. The van der Waals surface area contributed by atoms with Gasteiger partial charge in [0.2, 0.25) is 0 Å². The van der Waals surface area contributed by atoms with Gasteiger partial charge in [-0.1, -0.05) is 0 Å². The van der Waals surface area contributed by atoms with E-state index in [2.05, 4.69) is 9.80 Å². The number of nitrogens with zero attached hydrogens (tertiary/aromatic N) is 3. The van der Waals surface area contributed by atoms with E-state index in [1.165, 1.54) is 36.4 Å². The Bertz CT molecular complexity index is 896. The second-order valence-electron chi connectivity index (χ2n) is 7.77. The number of benzene rings is 2. The Hall–Kier alpha value is -2.84. The van der Waals surface area contributed by atoms with Crippen LogP contribution in [0.2, 0.25) is 0 Å². The summed E-state index contributed by atoms with van der Waals surface area (Å²) < 4.78 is 18.7. The minimum atomic E-state index is -0.418. The number of hydrogen-bond donors (Lipinski definition) is 0. The molecule has 2 aromatic carbocycles. The summed E-state index contributed by atoms with van der Waals surface area (Å²) in [5, 5.41) is 10.9. The molecule has 1 aliphatic rings. The van der Waals surface area contributed by atoms with Crippen molar-refractivity contribution in [1.29, 1.82) is 0 Å². The molecule has 0 N–H and O–H groups in total. The lowest BCUT2D eigenvalue weighted by Gasteiger charge is -2.34. The van der Waals surface area contributed by atoms with Crippen LogP contribution in [-0.2, 0) is 0 Å². The third kappa shape index (κ3) is 6.83. The van der Waals surface area contributed by atoms with Crippen molar-refractivity contribution in [2.45, 2.75) is 19.8 Å². The molecule has 1 aliphatic heterocycles. The first-order valence-corrected chi connectivity index (χ1v) is 10.5. The van der Waals surface area contributed by atoms with Crippen LogP contribution in [-0.4, -0.2) is 66.4 Å². The van der Waals surface area contributed by atoms with E-state index < -0.39 is 4.92 Å². The first kappa shape index (κ1) is 22.8. The fourth-order valence-electron chi connectivity index (χ4n) is 3.62. The van der Waals surface area contributed by atoms with E-state index in [9.17, 15) is 19.3 Å². The van der Waals surface area contributed by atoms with E-state index in [0.717, 1.165) is 51.3 Å². The molecule has 0 bridgehead atoms. The molecule has 0 atom stereocenters. The Morgan fingerprint density at radius 1 is 1.06 bits per heavy atom. The second-order valence-corrected chi connectivity index (χ2v) is 7.77. The van der Waals surface area contributed by atoms with Gasteiger partial charge in [0, 0.05) is 50.8 Å². The topological polar surface area (TPSA) is 75.9 Å². The quantitative estimate of drug-likeness (QED) is 0.326. The van der Waals surface area contributed by atoms with Crippen molar-refractivity contribution in [1.82, 2.24) is 9.80 Å². The fourth-order valence-corrected chi connectivity index (χ4v) is 3.62. The third-order valence-electron chi connectivity index (χ3n) is 5.56. The molecule has 1 saturated heterocycles. The molecule has 0 radical (unpaired) electrons. The molecule has 0 aliphatic carbocycles. The smallest absolute Gasteiger partial charge is 0.273 e. The van der Waals surface area contributed by atoms with Gasteiger partial charge in [0.1, 0.15) is 18.2 Å². The Morgan fingerprint density at radius 2 is 1.71 bits per heavy atom. The molecule has 3 rings (SSSR count). The zero-order valence-electron chi connectivity index (χ0n) is 17.8. The second kappa shape index (κ2) is 11.0. The normalized spacial score (nSPS) is 15.0. The Morgan fingerprint density at radius 3 is 2.35 bits per heavy atom. The van der Waals surface area contributed by atoms with Crippen LogP contribution >= 0.6 is 0 Å². The molecule has 0 spiro atoms. The Balaban J connectivity index is 1.33. The summed E-state index contributed by atoms with van der Waals surface area (Å²) in [4.78, 5) is 27.3. The molecule has 2 aromatic rings. The molecular formula is C23H28FN3O4. The standard InChI is InChI=1S/C23H28FN3O4/c1-18-4-9-21(27(29)30)17-23(18)31-16-15-26-13-11-25(12-14-26)10-2-3-22(28)19-5-7-20(24)8-6-19/h4-9,17H,2-3,10-16H2,1H3. The summed E-state index contributed by atoms with van der Waals surface area (Å²) in [6.07, 6.45) is 1.24. The highest BCUT2D eigenvalue weighted by molar-refractivity contribution is 5.95. The third-order valence-corrected chi connectivity index (χ3v) is 5.56. The summed E-state index contributed by atoms with van der Waals surface area (Å²) in [5.41, 5.74) is 1.47. The summed E-state index contributed by atoms with van der Waals surface area (Å²) in [7, 11) is 0. The van der Waals surface area contributed by atoms with Gasteiger partial charge in [0.25, 0.3) is 5.69 Å². The lowest BCUT2D eigenvalue weighted by Crippen LogP contribution is -2.47. The van der Waals surface area contributed by atoms with E-state index in [1.807, 2.05) is 6.92 Å². The highest BCUT2D eigenvalue weighted by atomic mass is 19.1. The average molecular weight is 429 g/mol. The average Bonchev–Trinajstić information content (AvgIpc) is 2.76. The molecular weight excluding hydrogens is 401 g/mol. The molecule has 0 unspecified atom stereocenters. The van der Waals surface area contributed by atoms with E-state index in [4.69, 9.17) is 4.74 Å². The molecule has 8 heteroatoms. The molecule has 31 heavy (non-hydrogen) atoms. The lowest BCUT2D eigenvalue weighted by molar-refractivity contribution is -0.384. The predicted molar refractivity (Wildman–Crippen MR) is 116 cm³/mol. The summed E-state index contributed by atoms with van der Waals surface area (Å²) in [6.45, 7) is 7.68. The van der Waals surface area contributed by atoms with Crippen molar-refractivity contribution in [3.8, 4) is 5.75 Å². The number of piperazine rings is 1. The maximum Gasteiger partial charge on any atom is 0.273 e. The molecule has 0 amide bonds. The van der Waals surface area contributed by atoms with Crippen LogP contribution in [0.4, 0.5) is 10.1 Å². The number of carbonyl (C=O) groups is 1. The number of carbonyl (C=O) groups excluding carboxylic acids is 1. The number of halogens is 1. The van der Waals surface area contributed by atoms with Crippen LogP contribution in [0, 0.1) is 22.9 Å². The van der Waals surface area contributed by atoms with Crippen molar-refractivity contribution in [3.05, 3.63) is 69.5 Å². The molecule has 7 nitrogen and oxygen atoms in total. The van der Waals surface area contributed by atoms with Gasteiger partial charge in [-0.2, -0.15) is 0 Å². The summed E-state index contributed by atoms with van der Waals surface area (Å²) in [6, 6.07) is 10.4. The summed E-state index contributed by atoms with van der Waals surface area (Å²) in [5.74, 6) is 0.269. The predicted octanol–water partition coefficient (Wildman–Crippen LogP) is 3.70. The molecule has 1 heterocycles. The van der Waals surface area contributed by atoms with Gasteiger partial charge < -0.3 is 9.64 Å². The van der Waals surface area contributed by atoms with Gasteiger partial charge in [0.05, 0.1) is 11.0 Å². The number of nitro benzene ring substituents is 1. The van der Waals surface area contributed by atoms with Gasteiger partial charge in [-0.05, 0) is 55.8 Å². The van der Waals surface area contributed by atoms with Crippen LogP contribution in [0.1, 0.15) is 28.8 Å². The number of ketones is 1. The van der Waals surface area contributed by atoms with E-state index in [1.54, 1.807) is 6.07 Å². The van der Waals surface area contributed by atoms with Gasteiger partial charge in [-0.25, -0.2) is 4.39 Å². The first-order chi connectivity index (χ1) is 14.9. The Kier molecular flexibility index (Phi) is 8.08. The van der Waals surface area contributed by atoms with Crippen molar-refractivity contribution >= 4 is 11.5 Å². The van der Waals surface area contributed by atoms with Crippen molar-refractivity contribution in [2.75, 3.05) is 45.9 Å². The Labute approximate surface area is 181 Å². The number of non-ortho nitro benzene ring substituents is 1. The highest BCUT2D eigenvalue weighted by Crippen LogP contribution is 2.24. The van der Waals surface area contributed by atoms with Crippen molar-refractivity contribution < 1.29 is 18.8 Å². The van der Waals surface area contributed by atoms with E-state index in [-0.39, 0.29) is 17.3 Å². The maximum absolute atomic E-state index is 12.9. The van der Waals surface area contributed by atoms with Crippen LogP contribution in [0.5, 0.6) is 5.75 Å². The first-order valence-electron chi connectivity index (χ1n) is 10.5. The summed E-state index contributed by atoms with van der Waals surface area (Å²) >= 11 is 0. The minimum absolute atomic E-state index is 0.0344. The zero-order chi connectivity index (χ0) is 22.2. The number of hydrogen-bond acceptors (Lipinski definition) is 6. The number of aryl methyl sites for hydroxylation is 1. The minimum Gasteiger partial charge on any atom is -0.492 e. The molecule has 0 aromatic heterocycles. The van der Waals surface area contributed by atoms with Gasteiger partial charge in [0.15, 0.2) is 5.78 Å². The number of nitro groups is 1. The molecule has 1 fully saturated rings. The van der Waals surface area contributed by atoms with Gasteiger partial charge >= 0.3 is 0 Å². The van der Waals surface area contributed by atoms with E-state index in [0.29, 0.717) is 24.3 Å². The largest absolute Gasteiger partial charge is 0.492 e. The maximum atomic E-state index is 12.9. The van der Waals surface area contributed by atoms with Crippen molar-refractivity contribution in [2.24, 2.45) is 0 Å². The van der Waals surface area contributed by atoms with Crippen LogP contribution in [0.25, 0.3) is 0 Å². The molecule has 0 saturated carbocycles.